The maximum atomic E-state index is 12.9. The third kappa shape index (κ3) is 5.47. The lowest BCUT2D eigenvalue weighted by molar-refractivity contribution is -0.151. The lowest BCUT2D eigenvalue weighted by atomic mass is 9.75. The fourth-order valence-corrected chi connectivity index (χ4v) is 4.59. The van der Waals surface area contributed by atoms with Crippen molar-refractivity contribution in [2.24, 2.45) is 5.92 Å². The van der Waals surface area contributed by atoms with Crippen LogP contribution in [-0.2, 0) is 19.1 Å². The molecule has 0 radical (unpaired) electrons. The Bertz CT molecular complexity index is 833. The Morgan fingerprint density at radius 1 is 1.19 bits per heavy atom. The number of urea groups is 1. The lowest BCUT2D eigenvalue weighted by Gasteiger charge is -2.34. The molecule has 1 aliphatic carbocycles. The largest absolute Gasteiger partial charge is 0.454 e. The second-order valence-corrected chi connectivity index (χ2v) is 8.74. The Balaban J connectivity index is 1.49. The first-order chi connectivity index (χ1) is 15.4. The Labute approximate surface area is 189 Å². The summed E-state index contributed by atoms with van der Waals surface area (Å²) in [7, 11) is 0. The molecule has 2 fully saturated rings. The van der Waals surface area contributed by atoms with E-state index in [4.69, 9.17) is 4.74 Å². The van der Waals surface area contributed by atoms with E-state index in [1.807, 2.05) is 37.3 Å². The van der Waals surface area contributed by atoms with Crippen LogP contribution in [0.5, 0.6) is 0 Å². The first kappa shape index (κ1) is 23.8. The monoisotopic (exact) mass is 443 g/mol. The van der Waals surface area contributed by atoms with Crippen LogP contribution in [0.4, 0.5) is 4.79 Å². The highest BCUT2D eigenvalue weighted by molar-refractivity contribution is 6.08. The van der Waals surface area contributed by atoms with Gasteiger partial charge in [0.05, 0.1) is 6.04 Å². The van der Waals surface area contributed by atoms with Crippen LogP contribution in [0.25, 0.3) is 0 Å². The van der Waals surface area contributed by atoms with Crippen LogP contribution in [-0.4, -0.2) is 47.4 Å². The summed E-state index contributed by atoms with van der Waals surface area (Å²) in [4.78, 5) is 50.8. The molecular formula is C24H33N3O5. The van der Waals surface area contributed by atoms with Gasteiger partial charge in [0.15, 0.2) is 6.61 Å². The minimum Gasteiger partial charge on any atom is -0.454 e. The molecule has 2 aliphatic rings. The van der Waals surface area contributed by atoms with Gasteiger partial charge in [-0.25, -0.2) is 4.79 Å². The van der Waals surface area contributed by atoms with Crippen LogP contribution >= 0.6 is 0 Å². The van der Waals surface area contributed by atoms with E-state index in [9.17, 15) is 19.2 Å². The van der Waals surface area contributed by atoms with Crippen LogP contribution in [0.3, 0.4) is 0 Å². The predicted molar refractivity (Wildman–Crippen MR) is 118 cm³/mol. The van der Waals surface area contributed by atoms with E-state index in [0.717, 1.165) is 42.6 Å². The van der Waals surface area contributed by atoms with E-state index >= 15 is 0 Å². The molecule has 1 aliphatic heterocycles. The number of rotatable bonds is 9. The molecule has 1 saturated heterocycles. The number of amides is 4. The highest BCUT2D eigenvalue weighted by Crippen LogP contribution is 2.37. The number of esters is 1. The summed E-state index contributed by atoms with van der Waals surface area (Å²) in [6.45, 7) is 3.20. The van der Waals surface area contributed by atoms with Gasteiger partial charge >= 0.3 is 12.0 Å². The Morgan fingerprint density at radius 3 is 2.50 bits per heavy atom. The summed E-state index contributed by atoms with van der Waals surface area (Å²) in [5.74, 6) is -1.01. The normalized spacial score (nSPS) is 23.7. The zero-order chi connectivity index (χ0) is 23.1. The second-order valence-electron chi connectivity index (χ2n) is 8.74. The minimum absolute atomic E-state index is 0.170. The van der Waals surface area contributed by atoms with Crippen molar-refractivity contribution in [2.45, 2.75) is 70.4 Å². The molecule has 1 spiro atoms. The molecule has 1 saturated carbocycles. The number of carbonyl (C=O) groups excluding carboxylic acids is 4. The number of hydrogen-bond acceptors (Lipinski definition) is 5. The zero-order valence-electron chi connectivity index (χ0n) is 18.9. The summed E-state index contributed by atoms with van der Waals surface area (Å²) in [6.07, 6.45) is 5.62. The molecule has 3 rings (SSSR count). The minimum atomic E-state index is -0.899. The molecule has 0 aromatic heterocycles. The SMILES string of the molecule is CCC[C@@H](NC(=O)COC(=O)CN1C(=O)NC2(CCC(CC)CC2)C1=O)c1ccccc1. The number of imide groups is 1. The molecule has 2 N–H and O–H groups in total. The summed E-state index contributed by atoms with van der Waals surface area (Å²) >= 11 is 0. The maximum absolute atomic E-state index is 12.9. The van der Waals surface area contributed by atoms with Gasteiger partial charge in [0, 0.05) is 0 Å². The first-order valence-corrected chi connectivity index (χ1v) is 11.5. The second kappa shape index (κ2) is 10.6. The fraction of sp³-hybridized carbons (Fsp3) is 0.583. The number of ether oxygens (including phenoxy) is 1. The van der Waals surface area contributed by atoms with Gasteiger partial charge in [-0.3, -0.25) is 19.3 Å². The van der Waals surface area contributed by atoms with Crippen molar-refractivity contribution in [1.82, 2.24) is 15.5 Å². The van der Waals surface area contributed by atoms with Crippen molar-refractivity contribution >= 4 is 23.8 Å². The average molecular weight is 444 g/mol. The van der Waals surface area contributed by atoms with Crippen LogP contribution in [0, 0.1) is 5.92 Å². The van der Waals surface area contributed by atoms with Crippen molar-refractivity contribution < 1.29 is 23.9 Å². The summed E-state index contributed by atoms with van der Waals surface area (Å²) in [5, 5.41) is 5.67. The van der Waals surface area contributed by atoms with Crippen molar-refractivity contribution in [2.75, 3.05) is 13.2 Å². The van der Waals surface area contributed by atoms with E-state index in [1.165, 1.54) is 0 Å². The van der Waals surface area contributed by atoms with Crippen molar-refractivity contribution in [1.29, 1.82) is 0 Å². The summed E-state index contributed by atoms with van der Waals surface area (Å²) in [6, 6.07) is 8.86. The van der Waals surface area contributed by atoms with Gasteiger partial charge in [-0.15, -0.1) is 0 Å². The average Bonchev–Trinajstić information content (AvgIpc) is 3.02. The Hall–Kier alpha value is -2.90. The van der Waals surface area contributed by atoms with E-state index in [2.05, 4.69) is 17.6 Å². The molecule has 32 heavy (non-hydrogen) atoms. The molecule has 1 atom stereocenters. The van der Waals surface area contributed by atoms with Gasteiger partial charge < -0.3 is 15.4 Å². The summed E-state index contributed by atoms with van der Waals surface area (Å²) in [5.41, 5.74) is 0.0835. The van der Waals surface area contributed by atoms with Gasteiger partial charge in [-0.05, 0) is 43.6 Å². The van der Waals surface area contributed by atoms with E-state index in [0.29, 0.717) is 18.8 Å². The first-order valence-electron chi connectivity index (χ1n) is 11.5. The van der Waals surface area contributed by atoms with Crippen molar-refractivity contribution in [3.05, 3.63) is 35.9 Å². The third-order valence-electron chi connectivity index (χ3n) is 6.55. The molecular weight excluding hydrogens is 410 g/mol. The molecule has 1 heterocycles. The third-order valence-corrected chi connectivity index (χ3v) is 6.55. The molecule has 4 amide bonds. The number of hydrogen-bond donors (Lipinski definition) is 2. The standard InChI is InChI=1S/C24H33N3O5/c1-3-8-19(18-9-6-5-7-10-18)25-20(28)16-32-21(29)15-27-22(30)24(26-23(27)31)13-11-17(4-2)12-14-24/h5-7,9-10,17,19H,3-4,8,11-16H2,1-2H3,(H,25,28)(H,26,31)/t17?,19-,24?/m1/s1. The molecule has 0 bridgehead atoms. The predicted octanol–water partition coefficient (Wildman–Crippen LogP) is 3.08. The molecule has 1 aromatic carbocycles. The van der Waals surface area contributed by atoms with E-state index in [1.54, 1.807) is 0 Å². The van der Waals surface area contributed by atoms with Crippen LogP contribution < -0.4 is 10.6 Å². The van der Waals surface area contributed by atoms with Gasteiger partial charge in [-0.2, -0.15) is 0 Å². The molecule has 0 unspecified atom stereocenters. The highest BCUT2D eigenvalue weighted by Gasteiger charge is 2.52. The van der Waals surface area contributed by atoms with Crippen LogP contribution in [0.1, 0.15) is 70.4 Å². The number of nitrogens with zero attached hydrogens (tertiary/aromatic N) is 1. The van der Waals surface area contributed by atoms with Crippen LogP contribution in [0.2, 0.25) is 0 Å². The van der Waals surface area contributed by atoms with E-state index < -0.39 is 36.6 Å². The lowest BCUT2D eigenvalue weighted by Crippen LogP contribution is -2.49. The number of benzene rings is 1. The van der Waals surface area contributed by atoms with E-state index in [-0.39, 0.29) is 11.9 Å². The van der Waals surface area contributed by atoms with Gasteiger partial charge in [-0.1, -0.05) is 57.0 Å². The quantitative estimate of drug-likeness (QED) is 0.451. The van der Waals surface area contributed by atoms with Crippen molar-refractivity contribution in [3.8, 4) is 0 Å². The zero-order valence-corrected chi connectivity index (χ0v) is 18.9. The molecule has 174 valence electrons. The summed E-state index contributed by atoms with van der Waals surface area (Å²) < 4.78 is 5.06. The topological polar surface area (TPSA) is 105 Å². The maximum Gasteiger partial charge on any atom is 0.326 e. The molecule has 8 heteroatoms. The fourth-order valence-electron chi connectivity index (χ4n) is 4.59. The Kier molecular flexibility index (Phi) is 7.88. The molecule has 8 nitrogen and oxygen atoms in total. The van der Waals surface area contributed by atoms with Gasteiger partial charge in [0.1, 0.15) is 12.1 Å². The molecule has 1 aromatic rings. The Morgan fingerprint density at radius 2 is 1.88 bits per heavy atom. The highest BCUT2D eigenvalue weighted by atomic mass is 16.5. The van der Waals surface area contributed by atoms with Gasteiger partial charge in [0.25, 0.3) is 11.8 Å². The van der Waals surface area contributed by atoms with Crippen LogP contribution in [0.15, 0.2) is 30.3 Å². The van der Waals surface area contributed by atoms with Crippen molar-refractivity contribution in [3.63, 3.8) is 0 Å². The number of carbonyl (C=O) groups is 4. The number of nitrogens with one attached hydrogen (secondary N) is 2. The smallest absolute Gasteiger partial charge is 0.326 e. The van der Waals surface area contributed by atoms with Gasteiger partial charge in [0.2, 0.25) is 0 Å².